The van der Waals surface area contributed by atoms with Crippen LogP contribution in [0.15, 0.2) is 12.3 Å². The van der Waals surface area contributed by atoms with E-state index < -0.39 is 5.60 Å². The summed E-state index contributed by atoms with van der Waals surface area (Å²) in [7, 11) is 3.30. The van der Waals surface area contributed by atoms with Crippen LogP contribution in [0.2, 0.25) is 0 Å². The van der Waals surface area contributed by atoms with E-state index in [4.69, 9.17) is 14.3 Å². The normalized spacial score (nSPS) is 20.1. The molecule has 0 radical (unpaired) electrons. The first kappa shape index (κ1) is 15.8. The van der Waals surface area contributed by atoms with Crippen LogP contribution in [0, 0.1) is 0 Å². The summed E-state index contributed by atoms with van der Waals surface area (Å²) in [6.07, 6.45) is -0.597. The molecule has 1 fully saturated rings. The monoisotopic (exact) mass is 272 g/mol. The maximum atomic E-state index is 12.0. The number of ether oxygens (including phenoxy) is 2. The molecule has 0 aromatic heterocycles. The molecule has 1 amide bonds. The van der Waals surface area contributed by atoms with Crippen molar-refractivity contribution in [2.24, 2.45) is 0 Å². The minimum Gasteiger partial charge on any atom is -0.444 e. The Hall–Kier alpha value is -1.27. The van der Waals surface area contributed by atoms with Crippen LogP contribution >= 0.6 is 0 Å². The van der Waals surface area contributed by atoms with Gasteiger partial charge < -0.3 is 14.4 Å². The number of carbonyl (C=O) groups is 1. The maximum Gasteiger partial charge on any atom is 0.410 e. The Morgan fingerprint density at radius 2 is 2.11 bits per heavy atom. The molecule has 0 spiro atoms. The van der Waals surface area contributed by atoms with Crippen LogP contribution in [-0.2, 0) is 14.3 Å². The van der Waals surface area contributed by atoms with E-state index >= 15 is 0 Å². The van der Waals surface area contributed by atoms with Crippen LogP contribution < -0.4 is 0 Å². The fraction of sp³-hybridized carbons (Fsp3) is 0.769. The summed E-state index contributed by atoms with van der Waals surface area (Å²) in [4.78, 5) is 18.7. The van der Waals surface area contributed by atoms with E-state index in [1.54, 1.807) is 19.1 Å². The molecular formula is C13H24N2O4. The Bertz CT molecular complexity index is 338. The van der Waals surface area contributed by atoms with E-state index in [-0.39, 0.29) is 12.2 Å². The number of carbonyl (C=O) groups excluding carboxylic acids is 1. The molecule has 110 valence electrons. The molecule has 1 aliphatic heterocycles. The molecule has 1 unspecified atom stereocenters. The van der Waals surface area contributed by atoms with E-state index in [9.17, 15) is 4.79 Å². The molecule has 1 rings (SSSR count). The van der Waals surface area contributed by atoms with E-state index in [2.05, 4.69) is 6.58 Å². The Kier molecular flexibility index (Phi) is 5.20. The van der Waals surface area contributed by atoms with Gasteiger partial charge in [0.05, 0.1) is 26.0 Å². The second-order valence-corrected chi connectivity index (χ2v) is 5.46. The van der Waals surface area contributed by atoms with Gasteiger partial charge in [-0.15, -0.1) is 0 Å². The number of nitrogens with zero attached hydrogens (tertiary/aromatic N) is 2. The van der Waals surface area contributed by atoms with Crippen molar-refractivity contribution >= 4 is 6.09 Å². The highest BCUT2D eigenvalue weighted by Gasteiger charge is 2.30. The van der Waals surface area contributed by atoms with Crippen molar-refractivity contribution in [1.82, 2.24) is 9.96 Å². The van der Waals surface area contributed by atoms with Crippen LogP contribution in [0.3, 0.4) is 0 Å². The second-order valence-electron chi connectivity index (χ2n) is 5.46. The number of rotatable bonds is 3. The average Bonchev–Trinajstić information content (AvgIpc) is 2.35. The first-order valence-corrected chi connectivity index (χ1v) is 6.30. The second kappa shape index (κ2) is 6.25. The van der Waals surface area contributed by atoms with Crippen molar-refractivity contribution in [3.05, 3.63) is 12.3 Å². The van der Waals surface area contributed by atoms with E-state index in [1.165, 1.54) is 5.06 Å². The highest BCUT2D eigenvalue weighted by molar-refractivity contribution is 5.68. The number of likely N-dealkylation sites (N-methyl/N-ethyl adjacent to an activating group) is 1. The van der Waals surface area contributed by atoms with E-state index in [0.717, 1.165) is 0 Å². The molecule has 0 aliphatic carbocycles. The van der Waals surface area contributed by atoms with Gasteiger partial charge in [0.2, 0.25) is 0 Å². The molecule has 0 aromatic carbocycles. The zero-order chi connectivity index (χ0) is 14.6. The van der Waals surface area contributed by atoms with Gasteiger partial charge in [-0.25, -0.2) is 4.79 Å². The van der Waals surface area contributed by atoms with Crippen molar-refractivity contribution in [1.29, 1.82) is 0 Å². The standard InChI is InChI=1S/C13H24N2O4/c1-10(14(5)17-6)11-9-15(7-8-18-11)12(16)19-13(2,3)4/h11H,1,7-9H2,2-6H3. The van der Waals surface area contributed by atoms with Crippen molar-refractivity contribution < 1.29 is 19.1 Å². The first-order valence-electron chi connectivity index (χ1n) is 6.30. The lowest BCUT2D eigenvalue weighted by molar-refractivity contribution is -0.111. The summed E-state index contributed by atoms with van der Waals surface area (Å²) in [6.45, 7) is 10.9. The Labute approximate surface area is 114 Å². The van der Waals surface area contributed by atoms with Crippen LogP contribution in [0.5, 0.6) is 0 Å². The molecule has 0 saturated carbocycles. The number of amides is 1. The summed E-state index contributed by atoms with van der Waals surface area (Å²) in [5, 5.41) is 1.53. The summed E-state index contributed by atoms with van der Waals surface area (Å²) in [5.74, 6) is 0. The van der Waals surface area contributed by atoms with Crippen molar-refractivity contribution in [3.8, 4) is 0 Å². The van der Waals surface area contributed by atoms with Crippen LogP contribution in [0.25, 0.3) is 0 Å². The number of hydrogen-bond donors (Lipinski definition) is 0. The fourth-order valence-electron chi connectivity index (χ4n) is 1.66. The molecule has 19 heavy (non-hydrogen) atoms. The quantitative estimate of drug-likeness (QED) is 0.731. The highest BCUT2D eigenvalue weighted by atomic mass is 16.7. The molecule has 0 aromatic rings. The molecular weight excluding hydrogens is 248 g/mol. The fourth-order valence-corrected chi connectivity index (χ4v) is 1.66. The third-order valence-corrected chi connectivity index (χ3v) is 2.77. The van der Waals surface area contributed by atoms with Gasteiger partial charge in [0.25, 0.3) is 0 Å². The Morgan fingerprint density at radius 1 is 1.47 bits per heavy atom. The van der Waals surface area contributed by atoms with Crippen molar-refractivity contribution in [2.75, 3.05) is 33.9 Å². The van der Waals surface area contributed by atoms with Gasteiger partial charge in [-0.05, 0) is 20.8 Å². The summed E-state index contributed by atoms with van der Waals surface area (Å²) >= 11 is 0. The van der Waals surface area contributed by atoms with Gasteiger partial charge in [-0.3, -0.25) is 9.90 Å². The van der Waals surface area contributed by atoms with Gasteiger partial charge in [0, 0.05) is 13.6 Å². The number of morpholine rings is 1. The van der Waals surface area contributed by atoms with Crippen molar-refractivity contribution in [2.45, 2.75) is 32.5 Å². The zero-order valence-corrected chi connectivity index (χ0v) is 12.4. The molecule has 1 aliphatic rings. The first-order chi connectivity index (χ1) is 8.74. The highest BCUT2D eigenvalue weighted by Crippen LogP contribution is 2.17. The molecule has 0 bridgehead atoms. The third-order valence-electron chi connectivity index (χ3n) is 2.77. The number of hydroxylamine groups is 2. The van der Waals surface area contributed by atoms with Gasteiger partial charge in [-0.2, -0.15) is 0 Å². The van der Waals surface area contributed by atoms with Gasteiger partial charge >= 0.3 is 6.09 Å². The molecule has 6 heteroatoms. The van der Waals surface area contributed by atoms with Crippen LogP contribution in [-0.4, -0.2) is 61.6 Å². The predicted molar refractivity (Wildman–Crippen MR) is 71.5 cm³/mol. The van der Waals surface area contributed by atoms with Crippen LogP contribution in [0.1, 0.15) is 20.8 Å². The minimum atomic E-state index is -0.495. The van der Waals surface area contributed by atoms with Crippen molar-refractivity contribution in [3.63, 3.8) is 0 Å². The molecule has 0 N–H and O–H groups in total. The lowest BCUT2D eigenvalue weighted by Crippen LogP contribution is -2.49. The molecule has 1 heterocycles. The van der Waals surface area contributed by atoms with Crippen LogP contribution in [0.4, 0.5) is 4.79 Å². The minimum absolute atomic E-state index is 0.272. The molecule has 6 nitrogen and oxygen atoms in total. The summed E-state index contributed by atoms with van der Waals surface area (Å²) < 4.78 is 11.0. The Balaban J connectivity index is 2.59. The topological polar surface area (TPSA) is 51.2 Å². The lowest BCUT2D eigenvalue weighted by Gasteiger charge is -2.36. The zero-order valence-electron chi connectivity index (χ0n) is 12.4. The predicted octanol–water partition coefficient (Wildman–Crippen LogP) is 1.63. The molecule has 1 saturated heterocycles. The average molecular weight is 272 g/mol. The SMILES string of the molecule is C=C(C1CN(C(=O)OC(C)(C)C)CCO1)N(C)OC. The van der Waals surface area contributed by atoms with E-state index in [1.807, 2.05) is 20.8 Å². The third kappa shape index (κ3) is 4.72. The summed E-state index contributed by atoms with van der Waals surface area (Å²) in [5.41, 5.74) is 0.182. The van der Waals surface area contributed by atoms with Gasteiger partial charge in [-0.1, -0.05) is 6.58 Å². The maximum absolute atomic E-state index is 12.0. The summed E-state index contributed by atoms with van der Waals surface area (Å²) in [6, 6.07) is 0. The van der Waals surface area contributed by atoms with E-state index in [0.29, 0.717) is 25.4 Å². The largest absolute Gasteiger partial charge is 0.444 e. The number of hydrogen-bond acceptors (Lipinski definition) is 5. The van der Waals surface area contributed by atoms with Gasteiger partial charge in [0.15, 0.2) is 0 Å². The molecule has 1 atom stereocenters. The lowest BCUT2D eigenvalue weighted by atomic mass is 10.2. The smallest absolute Gasteiger partial charge is 0.410 e. The Morgan fingerprint density at radius 3 is 2.63 bits per heavy atom. The van der Waals surface area contributed by atoms with Gasteiger partial charge in [0.1, 0.15) is 11.7 Å².